The van der Waals surface area contributed by atoms with Crippen molar-refractivity contribution in [2.45, 2.75) is 0 Å². The molecule has 0 aliphatic carbocycles. The molecule has 0 aliphatic heterocycles. The summed E-state index contributed by atoms with van der Waals surface area (Å²) in [6.07, 6.45) is 3.41. The van der Waals surface area contributed by atoms with Gasteiger partial charge in [-0.05, 0) is 42.5 Å². The maximum Gasteiger partial charge on any atom is 0.336 e. The third-order valence-corrected chi connectivity index (χ3v) is 4.30. The van der Waals surface area contributed by atoms with Crippen LogP contribution in [0, 0.1) is 0 Å². The molecule has 134 valence electrons. The lowest BCUT2D eigenvalue weighted by atomic mass is 10.2. The first-order valence-corrected chi connectivity index (χ1v) is 8.65. The minimum Gasteiger partial charge on any atom is -0.438 e. The molecule has 0 N–H and O–H groups in total. The van der Waals surface area contributed by atoms with E-state index in [1.165, 1.54) is 6.07 Å². The lowest BCUT2D eigenvalue weighted by Crippen LogP contribution is -1.97. The Hall–Kier alpha value is -4.06. The number of benzene rings is 2. The van der Waals surface area contributed by atoms with Crippen molar-refractivity contribution in [2.24, 2.45) is 0 Å². The Kier molecular flexibility index (Phi) is 3.80. The summed E-state index contributed by atoms with van der Waals surface area (Å²) < 4.78 is 11.3. The van der Waals surface area contributed by atoms with Crippen LogP contribution in [0.3, 0.4) is 0 Å². The second-order valence-electron chi connectivity index (χ2n) is 6.17. The second kappa shape index (κ2) is 6.59. The summed E-state index contributed by atoms with van der Waals surface area (Å²) in [4.78, 5) is 24.8. The minimum absolute atomic E-state index is 0.406. The maximum absolute atomic E-state index is 11.5. The Labute approximate surface area is 159 Å². The summed E-state index contributed by atoms with van der Waals surface area (Å²) in [5.41, 5.74) is 1.60. The highest BCUT2D eigenvalue weighted by Gasteiger charge is 2.12. The average molecular weight is 367 g/mol. The molecule has 0 saturated carbocycles. The summed E-state index contributed by atoms with van der Waals surface area (Å²) in [6, 6.07) is 19.8. The largest absolute Gasteiger partial charge is 0.438 e. The van der Waals surface area contributed by atoms with Crippen LogP contribution < -0.4 is 10.4 Å². The Morgan fingerprint density at radius 2 is 1.79 bits per heavy atom. The van der Waals surface area contributed by atoms with Crippen LogP contribution in [0.15, 0.2) is 88.3 Å². The van der Waals surface area contributed by atoms with Crippen LogP contribution in [0.25, 0.3) is 33.3 Å². The van der Waals surface area contributed by atoms with Gasteiger partial charge in [-0.3, -0.25) is 4.98 Å². The summed E-state index contributed by atoms with van der Waals surface area (Å²) in [5, 5.41) is 1.60. The molecule has 5 aromatic rings. The summed E-state index contributed by atoms with van der Waals surface area (Å²) >= 11 is 0. The number of para-hydroxylation sites is 1. The van der Waals surface area contributed by atoms with Crippen molar-refractivity contribution < 1.29 is 9.15 Å². The predicted molar refractivity (Wildman–Crippen MR) is 105 cm³/mol. The van der Waals surface area contributed by atoms with Crippen LogP contribution in [-0.2, 0) is 0 Å². The van der Waals surface area contributed by atoms with E-state index in [0.717, 1.165) is 21.9 Å². The molecule has 0 atom stereocenters. The molecule has 0 bridgehead atoms. The first-order chi connectivity index (χ1) is 13.8. The molecule has 6 nitrogen and oxygen atoms in total. The quantitative estimate of drug-likeness (QED) is 0.434. The number of hydrogen-bond acceptors (Lipinski definition) is 6. The van der Waals surface area contributed by atoms with Gasteiger partial charge in [0.05, 0.1) is 10.9 Å². The molecule has 0 aliphatic rings. The molecule has 5 rings (SSSR count). The highest BCUT2D eigenvalue weighted by atomic mass is 16.5. The van der Waals surface area contributed by atoms with Gasteiger partial charge in [-0.15, -0.1) is 0 Å². The number of pyridine rings is 1. The summed E-state index contributed by atoms with van der Waals surface area (Å²) in [5.74, 6) is 1.46. The predicted octanol–water partition coefficient (Wildman–Crippen LogP) is 4.59. The highest BCUT2D eigenvalue weighted by Crippen LogP contribution is 2.31. The zero-order chi connectivity index (χ0) is 18.9. The van der Waals surface area contributed by atoms with E-state index in [2.05, 4.69) is 15.0 Å². The zero-order valence-corrected chi connectivity index (χ0v) is 14.6. The molecule has 0 unspecified atom stereocenters. The smallest absolute Gasteiger partial charge is 0.336 e. The van der Waals surface area contributed by atoms with Crippen molar-refractivity contribution >= 4 is 21.9 Å². The van der Waals surface area contributed by atoms with Crippen LogP contribution in [0.2, 0.25) is 0 Å². The van der Waals surface area contributed by atoms with Crippen molar-refractivity contribution in [3.8, 4) is 23.0 Å². The van der Waals surface area contributed by atoms with E-state index in [1.54, 1.807) is 24.5 Å². The van der Waals surface area contributed by atoms with E-state index >= 15 is 0 Å². The fourth-order valence-electron chi connectivity index (χ4n) is 2.97. The van der Waals surface area contributed by atoms with Gasteiger partial charge in [-0.2, -0.15) is 4.98 Å². The molecule has 0 saturated heterocycles. The number of ether oxygens (including phenoxy) is 1. The topological polar surface area (TPSA) is 78.1 Å². The highest BCUT2D eigenvalue weighted by molar-refractivity contribution is 5.85. The van der Waals surface area contributed by atoms with Gasteiger partial charge in [0.1, 0.15) is 11.3 Å². The number of aromatic nitrogens is 3. The van der Waals surface area contributed by atoms with Gasteiger partial charge in [-0.25, -0.2) is 9.78 Å². The summed E-state index contributed by atoms with van der Waals surface area (Å²) in [6.45, 7) is 0. The molecule has 0 radical (unpaired) electrons. The third kappa shape index (κ3) is 2.97. The Bertz CT molecular complexity index is 1360. The molecule has 28 heavy (non-hydrogen) atoms. The van der Waals surface area contributed by atoms with Gasteiger partial charge in [0, 0.05) is 35.5 Å². The van der Waals surface area contributed by atoms with Gasteiger partial charge in [0.25, 0.3) is 0 Å². The van der Waals surface area contributed by atoms with Gasteiger partial charge in [0.2, 0.25) is 5.88 Å². The summed E-state index contributed by atoms with van der Waals surface area (Å²) in [7, 11) is 0. The lowest BCUT2D eigenvalue weighted by molar-refractivity contribution is 0.467. The van der Waals surface area contributed by atoms with E-state index in [4.69, 9.17) is 9.15 Å². The van der Waals surface area contributed by atoms with Crippen molar-refractivity contribution in [3.63, 3.8) is 0 Å². The van der Waals surface area contributed by atoms with Crippen LogP contribution in [0.4, 0.5) is 0 Å². The number of fused-ring (bicyclic) bond motifs is 2. The second-order valence-corrected chi connectivity index (χ2v) is 6.17. The SMILES string of the molecule is O=c1ccc2ccc(Oc3nc(-c4cccnc4)nc4ccccc34)cc2o1. The van der Waals surface area contributed by atoms with Crippen molar-refractivity contribution in [1.82, 2.24) is 15.0 Å². The van der Waals surface area contributed by atoms with Crippen LogP contribution in [0.1, 0.15) is 0 Å². The molecule has 0 amide bonds. The molecule has 6 heteroatoms. The Morgan fingerprint density at radius 1 is 0.893 bits per heavy atom. The van der Waals surface area contributed by atoms with Gasteiger partial charge < -0.3 is 9.15 Å². The van der Waals surface area contributed by atoms with E-state index in [1.807, 2.05) is 48.5 Å². The molecule has 0 spiro atoms. The first-order valence-electron chi connectivity index (χ1n) is 8.65. The zero-order valence-electron chi connectivity index (χ0n) is 14.6. The van der Waals surface area contributed by atoms with Gasteiger partial charge in [0.15, 0.2) is 5.82 Å². The van der Waals surface area contributed by atoms with E-state index in [-0.39, 0.29) is 0 Å². The fourth-order valence-corrected chi connectivity index (χ4v) is 2.97. The minimum atomic E-state index is -0.406. The number of nitrogens with zero attached hydrogens (tertiary/aromatic N) is 3. The third-order valence-electron chi connectivity index (χ3n) is 4.30. The maximum atomic E-state index is 11.5. The van der Waals surface area contributed by atoms with Gasteiger partial charge in [-0.1, -0.05) is 12.1 Å². The van der Waals surface area contributed by atoms with E-state index in [9.17, 15) is 4.79 Å². The molecule has 3 heterocycles. The van der Waals surface area contributed by atoms with Crippen LogP contribution >= 0.6 is 0 Å². The number of rotatable bonds is 3. The van der Waals surface area contributed by atoms with Crippen molar-refractivity contribution in [3.05, 3.63) is 89.5 Å². The standard InChI is InChI=1S/C22H13N3O3/c26-20-10-8-14-7-9-16(12-19(14)28-20)27-22-17-5-1-2-6-18(17)24-21(25-22)15-4-3-11-23-13-15/h1-13H. The molecular formula is C22H13N3O3. The van der Waals surface area contributed by atoms with Gasteiger partial charge >= 0.3 is 5.63 Å². The van der Waals surface area contributed by atoms with Crippen LogP contribution in [-0.4, -0.2) is 15.0 Å². The molecule has 2 aromatic carbocycles. The van der Waals surface area contributed by atoms with E-state index in [0.29, 0.717) is 23.0 Å². The van der Waals surface area contributed by atoms with E-state index < -0.39 is 5.63 Å². The lowest BCUT2D eigenvalue weighted by Gasteiger charge is -2.10. The van der Waals surface area contributed by atoms with Crippen molar-refractivity contribution in [2.75, 3.05) is 0 Å². The first kappa shape index (κ1) is 16.1. The molecule has 0 fully saturated rings. The molecule has 3 aromatic heterocycles. The number of hydrogen-bond donors (Lipinski definition) is 0. The monoisotopic (exact) mass is 367 g/mol. The van der Waals surface area contributed by atoms with Crippen LogP contribution in [0.5, 0.6) is 11.6 Å². The Balaban J connectivity index is 1.64. The fraction of sp³-hybridized carbons (Fsp3) is 0. The molecular weight excluding hydrogens is 354 g/mol. The Morgan fingerprint density at radius 3 is 2.68 bits per heavy atom. The average Bonchev–Trinajstić information content (AvgIpc) is 2.74. The van der Waals surface area contributed by atoms with Crippen molar-refractivity contribution in [1.29, 1.82) is 0 Å². The normalized spacial score (nSPS) is 11.0.